The van der Waals surface area contributed by atoms with Gasteiger partial charge in [-0.2, -0.15) is 13.2 Å². The SMILES string of the molecule is COC[C@]1(O)C[C@@H](Nc2nnc(-c3cc(C)c4cc(OCC(F)(F)F)cc(C(C)(C)C)c4n3)o2)C1. The standard InChI is InChI=1S/C24H29F3N4O4/c1-13-6-18(20-30-31-21(35-20)28-14-9-23(32,10-14)11-33-5)29-19-16(13)7-15(34-12-24(25,26)27)8-17(19)22(2,3)4/h6-8,14,32H,9-12H2,1-5H3,(H,28,31)/t14-,23+. The fourth-order valence-corrected chi connectivity index (χ4v) is 4.30. The van der Waals surface area contributed by atoms with Gasteiger partial charge in [-0.1, -0.05) is 25.9 Å². The molecule has 35 heavy (non-hydrogen) atoms. The van der Waals surface area contributed by atoms with Gasteiger partial charge in [0.2, 0.25) is 0 Å². The smallest absolute Gasteiger partial charge is 0.422 e. The molecule has 2 aromatic heterocycles. The summed E-state index contributed by atoms with van der Waals surface area (Å²) >= 11 is 0. The summed E-state index contributed by atoms with van der Waals surface area (Å²) in [5, 5.41) is 22.2. The molecule has 0 unspecified atom stereocenters. The van der Waals surface area contributed by atoms with E-state index in [2.05, 4.69) is 15.5 Å². The first-order valence-electron chi connectivity index (χ1n) is 11.2. The summed E-state index contributed by atoms with van der Waals surface area (Å²) in [4.78, 5) is 4.74. The van der Waals surface area contributed by atoms with Gasteiger partial charge in [0.15, 0.2) is 6.61 Å². The second-order valence-corrected chi connectivity index (χ2v) is 10.2. The van der Waals surface area contributed by atoms with E-state index >= 15 is 0 Å². The van der Waals surface area contributed by atoms with Crippen LogP contribution in [-0.4, -0.2) is 58.4 Å². The summed E-state index contributed by atoms with van der Waals surface area (Å²) in [6, 6.07) is 5.12. The maximum Gasteiger partial charge on any atom is 0.422 e. The van der Waals surface area contributed by atoms with E-state index < -0.39 is 23.8 Å². The van der Waals surface area contributed by atoms with Crippen LogP contribution in [0.5, 0.6) is 5.75 Å². The number of alkyl halides is 3. The number of hydrogen-bond acceptors (Lipinski definition) is 8. The Kier molecular flexibility index (Phi) is 6.43. The fraction of sp³-hybridized carbons (Fsp3) is 0.542. The number of benzene rings is 1. The maximum absolute atomic E-state index is 12.7. The largest absolute Gasteiger partial charge is 0.484 e. The number of aryl methyl sites for hydroxylation is 1. The molecule has 0 atom stereocenters. The van der Waals surface area contributed by atoms with Crippen molar-refractivity contribution in [2.24, 2.45) is 0 Å². The second-order valence-electron chi connectivity index (χ2n) is 10.2. The van der Waals surface area contributed by atoms with Crippen molar-refractivity contribution in [2.75, 3.05) is 25.6 Å². The fourth-order valence-electron chi connectivity index (χ4n) is 4.30. The highest BCUT2D eigenvalue weighted by atomic mass is 19.4. The number of methoxy groups -OCH3 is 1. The zero-order chi connectivity index (χ0) is 25.6. The molecule has 0 bridgehead atoms. The molecule has 0 aliphatic heterocycles. The molecule has 8 nitrogen and oxygen atoms in total. The molecule has 3 aromatic rings. The number of ether oxygens (including phenoxy) is 2. The van der Waals surface area contributed by atoms with Crippen molar-refractivity contribution in [3.63, 3.8) is 0 Å². The van der Waals surface area contributed by atoms with E-state index in [1.54, 1.807) is 25.3 Å². The van der Waals surface area contributed by atoms with Gasteiger partial charge in [0, 0.05) is 18.5 Å². The van der Waals surface area contributed by atoms with Crippen LogP contribution in [0.3, 0.4) is 0 Å². The summed E-state index contributed by atoms with van der Waals surface area (Å²) in [6.45, 7) is 6.60. The third kappa shape index (κ3) is 5.67. The van der Waals surface area contributed by atoms with E-state index in [1.807, 2.05) is 27.7 Å². The van der Waals surface area contributed by atoms with Crippen LogP contribution in [-0.2, 0) is 10.2 Å². The molecule has 0 radical (unpaired) electrons. The summed E-state index contributed by atoms with van der Waals surface area (Å²) < 4.78 is 54.0. The first-order chi connectivity index (χ1) is 16.3. The Morgan fingerprint density at radius 2 is 1.89 bits per heavy atom. The predicted octanol–water partition coefficient (Wildman–Crippen LogP) is 4.78. The second kappa shape index (κ2) is 8.94. The Hall–Kier alpha value is -2.92. The molecule has 11 heteroatoms. The molecular weight excluding hydrogens is 465 g/mol. The predicted molar refractivity (Wildman–Crippen MR) is 123 cm³/mol. The summed E-state index contributed by atoms with van der Waals surface area (Å²) in [5.74, 6) is 0.344. The average Bonchev–Trinajstić information content (AvgIpc) is 3.18. The van der Waals surface area contributed by atoms with E-state index in [0.29, 0.717) is 29.4 Å². The van der Waals surface area contributed by atoms with Crippen molar-refractivity contribution in [2.45, 2.75) is 63.8 Å². The van der Waals surface area contributed by atoms with E-state index in [-0.39, 0.29) is 30.3 Å². The van der Waals surface area contributed by atoms with Crippen LogP contribution in [0, 0.1) is 6.92 Å². The van der Waals surface area contributed by atoms with Gasteiger partial charge in [0.25, 0.3) is 5.89 Å². The van der Waals surface area contributed by atoms with Crippen molar-refractivity contribution in [3.8, 4) is 17.3 Å². The lowest BCUT2D eigenvalue weighted by atomic mass is 9.76. The highest BCUT2D eigenvalue weighted by Crippen LogP contribution is 2.37. The average molecular weight is 495 g/mol. The highest BCUT2D eigenvalue weighted by molar-refractivity contribution is 5.89. The van der Waals surface area contributed by atoms with Crippen LogP contribution in [0.4, 0.5) is 19.2 Å². The molecule has 0 spiro atoms. The van der Waals surface area contributed by atoms with Gasteiger partial charge in [-0.25, -0.2) is 4.98 Å². The minimum absolute atomic E-state index is 0.0163. The minimum atomic E-state index is -4.43. The van der Waals surface area contributed by atoms with Crippen LogP contribution in [0.2, 0.25) is 0 Å². The molecule has 0 saturated heterocycles. The number of hydrogen-bond donors (Lipinski definition) is 2. The summed E-state index contributed by atoms with van der Waals surface area (Å²) in [7, 11) is 1.54. The summed E-state index contributed by atoms with van der Waals surface area (Å²) in [6.07, 6.45) is -3.43. The van der Waals surface area contributed by atoms with Gasteiger partial charge in [-0.05, 0) is 54.5 Å². The van der Waals surface area contributed by atoms with Crippen LogP contribution in [0.25, 0.3) is 22.5 Å². The van der Waals surface area contributed by atoms with Gasteiger partial charge in [-0.3, -0.25) is 0 Å². The lowest BCUT2D eigenvalue weighted by molar-refractivity contribution is -0.153. The number of halogens is 3. The third-order valence-electron chi connectivity index (χ3n) is 5.94. The van der Waals surface area contributed by atoms with Gasteiger partial charge in [-0.15, -0.1) is 5.10 Å². The van der Waals surface area contributed by atoms with Gasteiger partial charge >= 0.3 is 12.2 Å². The zero-order valence-electron chi connectivity index (χ0n) is 20.3. The number of fused-ring (bicyclic) bond motifs is 1. The van der Waals surface area contributed by atoms with E-state index in [1.165, 1.54) is 0 Å². The highest BCUT2D eigenvalue weighted by Gasteiger charge is 2.43. The molecule has 0 amide bonds. The van der Waals surface area contributed by atoms with E-state index in [0.717, 1.165) is 11.1 Å². The number of aliphatic hydroxyl groups is 1. The van der Waals surface area contributed by atoms with Crippen molar-refractivity contribution < 1.29 is 32.2 Å². The number of rotatable bonds is 7. The number of pyridine rings is 1. The van der Waals surface area contributed by atoms with Crippen LogP contribution < -0.4 is 10.1 Å². The molecule has 1 fully saturated rings. The minimum Gasteiger partial charge on any atom is -0.484 e. The quantitative estimate of drug-likeness (QED) is 0.484. The first kappa shape index (κ1) is 25.2. The molecule has 2 heterocycles. The van der Waals surface area contributed by atoms with E-state index in [4.69, 9.17) is 18.9 Å². The van der Waals surface area contributed by atoms with Crippen LogP contribution in [0.15, 0.2) is 22.6 Å². The normalized spacial score (nSPS) is 20.7. The Morgan fingerprint density at radius 3 is 2.51 bits per heavy atom. The Morgan fingerprint density at radius 1 is 1.17 bits per heavy atom. The Balaban J connectivity index is 1.63. The van der Waals surface area contributed by atoms with Crippen LogP contribution >= 0.6 is 0 Å². The summed E-state index contributed by atoms with van der Waals surface area (Å²) in [5.41, 5.74) is 1.33. The van der Waals surface area contributed by atoms with Crippen molar-refractivity contribution in [3.05, 3.63) is 29.3 Å². The van der Waals surface area contributed by atoms with Crippen molar-refractivity contribution in [1.82, 2.24) is 15.2 Å². The topological polar surface area (TPSA) is 103 Å². The zero-order valence-corrected chi connectivity index (χ0v) is 20.3. The molecule has 1 aliphatic rings. The monoisotopic (exact) mass is 494 g/mol. The molecule has 4 rings (SSSR count). The van der Waals surface area contributed by atoms with Crippen molar-refractivity contribution >= 4 is 16.9 Å². The van der Waals surface area contributed by atoms with Gasteiger partial charge < -0.3 is 24.3 Å². The lowest BCUT2D eigenvalue weighted by Crippen LogP contribution is -2.53. The van der Waals surface area contributed by atoms with Gasteiger partial charge in [0.05, 0.1) is 17.7 Å². The molecular formula is C24H29F3N4O4. The molecule has 2 N–H and O–H groups in total. The molecule has 1 saturated carbocycles. The first-order valence-corrected chi connectivity index (χ1v) is 11.2. The lowest BCUT2D eigenvalue weighted by Gasteiger charge is -2.42. The van der Waals surface area contributed by atoms with Crippen molar-refractivity contribution in [1.29, 1.82) is 0 Å². The number of nitrogens with one attached hydrogen (secondary N) is 1. The third-order valence-corrected chi connectivity index (χ3v) is 5.94. The number of aromatic nitrogens is 3. The van der Waals surface area contributed by atoms with E-state index in [9.17, 15) is 18.3 Å². The molecule has 1 aliphatic carbocycles. The van der Waals surface area contributed by atoms with Gasteiger partial charge in [0.1, 0.15) is 11.4 Å². The maximum atomic E-state index is 12.7. The number of nitrogens with zero attached hydrogens (tertiary/aromatic N) is 3. The molecule has 190 valence electrons. The molecule has 1 aromatic carbocycles. The number of anilines is 1. The Labute approximate surface area is 200 Å². The Bertz CT molecular complexity index is 1210. The van der Waals surface area contributed by atoms with Crippen LogP contribution in [0.1, 0.15) is 44.7 Å².